The zero-order chi connectivity index (χ0) is 14.3. The average Bonchev–Trinajstić information content (AvgIpc) is 2.39. The number of hydrogen-bond acceptors (Lipinski definition) is 5. The summed E-state index contributed by atoms with van der Waals surface area (Å²) in [6, 6.07) is 5.89. The normalized spacial score (nSPS) is 10.3. The van der Waals surface area contributed by atoms with E-state index in [1.54, 1.807) is 12.1 Å². The monoisotopic (exact) mass is 268 g/mol. The van der Waals surface area contributed by atoms with Crippen molar-refractivity contribution in [3.8, 4) is 5.75 Å². The SMILES string of the molecule is COC(CNC(=O)C(=O)Nc1cccc(O)c1)OC. The summed E-state index contributed by atoms with van der Waals surface area (Å²) in [6.07, 6.45) is -0.613. The number of amides is 2. The molecule has 0 fully saturated rings. The van der Waals surface area contributed by atoms with Crippen LogP contribution in [0, 0.1) is 0 Å². The Morgan fingerprint density at radius 2 is 1.95 bits per heavy atom. The maximum Gasteiger partial charge on any atom is 0.313 e. The molecule has 0 radical (unpaired) electrons. The third kappa shape index (κ3) is 4.94. The number of ether oxygens (including phenoxy) is 2. The van der Waals surface area contributed by atoms with E-state index in [1.807, 2.05) is 0 Å². The van der Waals surface area contributed by atoms with Crippen LogP contribution in [0.2, 0.25) is 0 Å². The number of nitrogens with one attached hydrogen (secondary N) is 2. The van der Waals surface area contributed by atoms with Crippen molar-refractivity contribution < 1.29 is 24.2 Å². The van der Waals surface area contributed by atoms with E-state index in [9.17, 15) is 14.7 Å². The van der Waals surface area contributed by atoms with Crippen LogP contribution in [0.1, 0.15) is 0 Å². The summed E-state index contributed by atoms with van der Waals surface area (Å²) in [5, 5.41) is 13.9. The van der Waals surface area contributed by atoms with E-state index >= 15 is 0 Å². The van der Waals surface area contributed by atoms with E-state index in [2.05, 4.69) is 10.6 Å². The number of aromatic hydroxyl groups is 1. The first-order valence-electron chi connectivity index (χ1n) is 5.50. The molecule has 7 nitrogen and oxygen atoms in total. The Balaban J connectivity index is 2.47. The van der Waals surface area contributed by atoms with Gasteiger partial charge < -0.3 is 25.2 Å². The van der Waals surface area contributed by atoms with E-state index in [-0.39, 0.29) is 12.3 Å². The Labute approximate surface area is 110 Å². The fourth-order valence-corrected chi connectivity index (χ4v) is 1.29. The van der Waals surface area contributed by atoms with Gasteiger partial charge in [0.2, 0.25) is 0 Å². The van der Waals surface area contributed by atoms with Gasteiger partial charge >= 0.3 is 11.8 Å². The van der Waals surface area contributed by atoms with Crippen molar-refractivity contribution in [2.75, 3.05) is 26.1 Å². The van der Waals surface area contributed by atoms with Crippen molar-refractivity contribution in [1.29, 1.82) is 0 Å². The van der Waals surface area contributed by atoms with Gasteiger partial charge in [0.25, 0.3) is 0 Å². The topological polar surface area (TPSA) is 96.9 Å². The van der Waals surface area contributed by atoms with E-state index < -0.39 is 18.1 Å². The fourth-order valence-electron chi connectivity index (χ4n) is 1.29. The second-order valence-electron chi connectivity index (χ2n) is 3.62. The average molecular weight is 268 g/mol. The number of phenols is 1. The minimum absolute atomic E-state index is 0.00274. The Bertz CT molecular complexity index is 446. The molecule has 0 aliphatic heterocycles. The molecular formula is C12H16N2O5. The highest BCUT2D eigenvalue weighted by Gasteiger charge is 2.15. The minimum Gasteiger partial charge on any atom is -0.508 e. The molecule has 0 unspecified atom stereocenters. The lowest BCUT2D eigenvalue weighted by Gasteiger charge is -2.13. The highest BCUT2D eigenvalue weighted by Crippen LogP contribution is 2.14. The molecule has 104 valence electrons. The molecule has 1 aromatic carbocycles. The number of rotatable bonds is 5. The van der Waals surface area contributed by atoms with Gasteiger partial charge in [0, 0.05) is 26.0 Å². The molecule has 0 bridgehead atoms. The standard InChI is InChI=1S/C12H16N2O5/c1-18-10(19-2)7-13-11(16)12(17)14-8-4-3-5-9(15)6-8/h3-6,10,15H,7H2,1-2H3,(H,13,16)(H,14,17). The van der Waals surface area contributed by atoms with E-state index in [0.717, 1.165) is 0 Å². The Hall–Kier alpha value is -2.12. The third-order valence-electron chi connectivity index (χ3n) is 2.27. The summed E-state index contributed by atoms with van der Waals surface area (Å²) in [6.45, 7) is 0.0549. The van der Waals surface area contributed by atoms with Crippen LogP contribution in [0.25, 0.3) is 0 Å². The molecule has 0 aliphatic rings. The summed E-state index contributed by atoms with van der Waals surface area (Å²) in [5.74, 6) is -1.66. The summed E-state index contributed by atoms with van der Waals surface area (Å²) in [4.78, 5) is 23.0. The minimum atomic E-state index is -0.837. The first-order chi connectivity index (χ1) is 9.06. The van der Waals surface area contributed by atoms with Gasteiger partial charge in [0.05, 0.1) is 6.54 Å². The van der Waals surface area contributed by atoms with E-state index in [0.29, 0.717) is 5.69 Å². The highest BCUT2D eigenvalue weighted by atomic mass is 16.7. The van der Waals surface area contributed by atoms with Gasteiger partial charge in [0.1, 0.15) is 5.75 Å². The van der Waals surface area contributed by atoms with Crippen LogP contribution in [0.5, 0.6) is 5.75 Å². The molecule has 7 heteroatoms. The number of phenolic OH excluding ortho intramolecular Hbond substituents is 1. The number of methoxy groups -OCH3 is 2. The Morgan fingerprint density at radius 3 is 2.53 bits per heavy atom. The van der Waals surface area contributed by atoms with Crippen LogP contribution in [0.3, 0.4) is 0 Å². The first-order valence-corrected chi connectivity index (χ1v) is 5.50. The maximum atomic E-state index is 11.5. The zero-order valence-corrected chi connectivity index (χ0v) is 10.7. The summed E-state index contributed by atoms with van der Waals surface area (Å²) >= 11 is 0. The van der Waals surface area contributed by atoms with Gasteiger partial charge in [-0.15, -0.1) is 0 Å². The van der Waals surface area contributed by atoms with Crippen molar-refractivity contribution in [3.05, 3.63) is 24.3 Å². The van der Waals surface area contributed by atoms with Crippen molar-refractivity contribution in [3.63, 3.8) is 0 Å². The van der Waals surface area contributed by atoms with Gasteiger partial charge in [-0.25, -0.2) is 0 Å². The molecular weight excluding hydrogens is 252 g/mol. The molecule has 19 heavy (non-hydrogen) atoms. The second kappa shape index (κ2) is 7.34. The van der Waals surface area contributed by atoms with Crippen LogP contribution in [0.15, 0.2) is 24.3 Å². The molecule has 0 heterocycles. The molecule has 1 aromatic rings. The van der Waals surface area contributed by atoms with Crippen LogP contribution in [-0.4, -0.2) is 44.0 Å². The molecule has 3 N–H and O–H groups in total. The first kappa shape index (κ1) is 14.9. The summed E-state index contributed by atoms with van der Waals surface area (Å²) in [5.41, 5.74) is 0.329. The number of anilines is 1. The number of carbonyl (C=O) groups is 2. The maximum absolute atomic E-state index is 11.5. The van der Waals surface area contributed by atoms with Gasteiger partial charge in [-0.1, -0.05) is 6.07 Å². The smallest absolute Gasteiger partial charge is 0.313 e. The second-order valence-corrected chi connectivity index (χ2v) is 3.62. The predicted octanol–water partition coefficient (Wildman–Crippen LogP) is 0.0658. The third-order valence-corrected chi connectivity index (χ3v) is 2.27. The lowest BCUT2D eigenvalue weighted by molar-refractivity contribution is -0.139. The Morgan fingerprint density at radius 1 is 1.26 bits per heavy atom. The predicted molar refractivity (Wildman–Crippen MR) is 67.6 cm³/mol. The number of carbonyl (C=O) groups excluding carboxylic acids is 2. The molecule has 0 aromatic heterocycles. The molecule has 1 rings (SSSR count). The molecule has 0 spiro atoms. The summed E-state index contributed by atoms with van der Waals surface area (Å²) in [7, 11) is 2.85. The lowest BCUT2D eigenvalue weighted by atomic mass is 10.3. The lowest BCUT2D eigenvalue weighted by Crippen LogP contribution is -2.40. The van der Waals surface area contributed by atoms with E-state index in [4.69, 9.17) is 9.47 Å². The van der Waals surface area contributed by atoms with E-state index in [1.165, 1.54) is 26.4 Å². The fraction of sp³-hybridized carbons (Fsp3) is 0.333. The van der Waals surface area contributed by atoms with Gasteiger partial charge in [-0.3, -0.25) is 9.59 Å². The Kier molecular flexibility index (Phi) is 5.77. The van der Waals surface area contributed by atoms with Gasteiger partial charge in [0.15, 0.2) is 6.29 Å². The van der Waals surface area contributed by atoms with Gasteiger partial charge in [-0.2, -0.15) is 0 Å². The molecule has 2 amide bonds. The molecule has 0 aliphatic carbocycles. The number of benzene rings is 1. The van der Waals surface area contributed by atoms with Crippen molar-refractivity contribution >= 4 is 17.5 Å². The molecule has 0 saturated carbocycles. The van der Waals surface area contributed by atoms with Crippen molar-refractivity contribution in [2.45, 2.75) is 6.29 Å². The van der Waals surface area contributed by atoms with Gasteiger partial charge in [-0.05, 0) is 12.1 Å². The zero-order valence-electron chi connectivity index (χ0n) is 10.7. The van der Waals surface area contributed by atoms with Crippen LogP contribution < -0.4 is 10.6 Å². The van der Waals surface area contributed by atoms with Crippen molar-refractivity contribution in [1.82, 2.24) is 5.32 Å². The quantitative estimate of drug-likeness (QED) is 0.518. The largest absolute Gasteiger partial charge is 0.508 e. The molecule has 0 atom stereocenters. The molecule has 0 saturated heterocycles. The number of hydrogen-bond donors (Lipinski definition) is 3. The summed E-state index contributed by atoms with van der Waals surface area (Å²) < 4.78 is 9.72. The highest BCUT2D eigenvalue weighted by molar-refractivity contribution is 6.39. The van der Waals surface area contributed by atoms with Crippen LogP contribution in [-0.2, 0) is 19.1 Å². The van der Waals surface area contributed by atoms with Crippen LogP contribution in [0.4, 0.5) is 5.69 Å². The van der Waals surface area contributed by atoms with Crippen molar-refractivity contribution in [2.24, 2.45) is 0 Å². The van der Waals surface area contributed by atoms with Crippen LogP contribution >= 0.6 is 0 Å².